The van der Waals surface area contributed by atoms with E-state index in [0.29, 0.717) is 35.2 Å². The van der Waals surface area contributed by atoms with Gasteiger partial charge in [0, 0.05) is 116 Å². The van der Waals surface area contributed by atoms with E-state index in [1.807, 2.05) is 75.0 Å². The van der Waals surface area contributed by atoms with Crippen molar-refractivity contribution in [2.24, 2.45) is 5.92 Å². The number of likely N-dealkylation sites (tertiary alicyclic amines) is 2. The van der Waals surface area contributed by atoms with Crippen molar-refractivity contribution >= 4 is 29.1 Å². The average Bonchev–Trinajstić information content (AvgIpc) is 4.01. The zero-order valence-corrected chi connectivity index (χ0v) is 41.4. The van der Waals surface area contributed by atoms with Crippen molar-refractivity contribution < 1.29 is 24.3 Å². The molecule has 3 saturated heterocycles. The lowest BCUT2D eigenvalue weighted by molar-refractivity contribution is -0.703. The van der Waals surface area contributed by atoms with Crippen LogP contribution >= 0.6 is 23.2 Å². The van der Waals surface area contributed by atoms with Gasteiger partial charge in [0.05, 0.1) is 22.3 Å². The van der Waals surface area contributed by atoms with Gasteiger partial charge >= 0.3 is 0 Å². The highest BCUT2D eigenvalue weighted by Gasteiger charge is 2.53. The largest absolute Gasteiger partial charge is 0.390 e. The van der Waals surface area contributed by atoms with Gasteiger partial charge in [-0.05, 0) is 119 Å². The number of rotatable bonds is 12. The van der Waals surface area contributed by atoms with E-state index in [9.17, 15) is 15.0 Å². The van der Waals surface area contributed by atoms with E-state index in [0.717, 1.165) is 74.4 Å². The van der Waals surface area contributed by atoms with Crippen molar-refractivity contribution in [2.45, 2.75) is 116 Å². The van der Waals surface area contributed by atoms with Crippen LogP contribution in [0.15, 0.2) is 110 Å². The minimum Gasteiger partial charge on any atom is -0.390 e. The molecule has 0 spiro atoms. The Morgan fingerprint density at radius 2 is 1.33 bits per heavy atom. The van der Waals surface area contributed by atoms with Crippen molar-refractivity contribution in [1.82, 2.24) is 24.8 Å². The lowest BCUT2D eigenvalue weighted by Gasteiger charge is -2.46. The van der Waals surface area contributed by atoms with Gasteiger partial charge in [-0.3, -0.25) is 24.6 Å². The average molecular weight is 941 g/mol. The number of aliphatic hydroxyl groups is 2. The smallest absolute Gasteiger partial charge is 0.253 e. The van der Waals surface area contributed by atoms with E-state index < -0.39 is 16.6 Å². The molecule has 12 heteroatoms. The molecule has 9 rings (SSSR count). The molecule has 67 heavy (non-hydrogen) atoms. The lowest BCUT2D eigenvalue weighted by atomic mass is 9.84. The number of pyridine rings is 4. The maximum Gasteiger partial charge on any atom is 0.253 e. The van der Waals surface area contributed by atoms with Gasteiger partial charge in [0.15, 0.2) is 18.9 Å². The van der Waals surface area contributed by atoms with E-state index >= 15 is 0 Å². The number of hydrogen-bond donors (Lipinski definition) is 2. The van der Waals surface area contributed by atoms with Gasteiger partial charge in [-0.1, -0.05) is 62.2 Å². The van der Waals surface area contributed by atoms with Crippen LogP contribution in [0.4, 0.5) is 0 Å². The molecule has 3 unspecified atom stereocenters. The number of aromatic nitrogens is 4. The third-order valence-electron chi connectivity index (χ3n) is 13.9. The van der Waals surface area contributed by atoms with Crippen LogP contribution in [-0.4, -0.2) is 84.0 Å². The Bertz CT molecular complexity index is 2860. The lowest BCUT2D eigenvalue weighted by Crippen LogP contribution is -2.59. The Kier molecular flexibility index (Phi) is 12.3. The van der Waals surface area contributed by atoms with Crippen molar-refractivity contribution in [3.63, 3.8) is 0 Å². The van der Waals surface area contributed by atoms with Gasteiger partial charge < -0.3 is 19.8 Å². The molecule has 0 radical (unpaired) electrons. The Hall–Kier alpha value is -5.07. The monoisotopic (exact) mass is 939 g/mol. The molecule has 6 aromatic rings. The fourth-order valence-corrected chi connectivity index (χ4v) is 10.1. The summed E-state index contributed by atoms with van der Waals surface area (Å²) in [4.78, 5) is 31.7. The molecule has 3 fully saturated rings. The van der Waals surface area contributed by atoms with E-state index in [2.05, 4.69) is 91.8 Å². The molecule has 2 N–H and O–H groups in total. The van der Waals surface area contributed by atoms with Crippen molar-refractivity contribution in [3.05, 3.63) is 143 Å². The standard InChI is InChI=1S/C55H61Cl2N6O4/c1-52(2,3)46-24-34(15-17-59-46)39-21-40(43-13-11-36(23-45(43)57)50(64)62-30-41(31-62)54(6,7)65)29-61(28-39)32-53(4,5)47-25-33(14-18-60-47)37-20-38(27-58-26-37)42-12-10-35(22-44(42)56)49-51(67-49)63-19-16-48(63)55(8,9)66/h10-15,17-18,20-29,41,48-49,51,65-66H,16,19,30-32H2,1-9H3/q+1. The second kappa shape index (κ2) is 17.5. The summed E-state index contributed by atoms with van der Waals surface area (Å²) in [5.74, 6) is -0.0534. The van der Waals surface area contributed by atoms with Crippen LogP contribution in [0, 0.1) is 5.92 Å². The van der Waals surface area contributed by atoms with Crippen LogP contribution in [0.5, 0.6) is 0 Å². The molecule has 0 aliphatic carbocycles. The quantitative estimate of drug-likeness (QED) is 0.0920. The highest BCUT2D eigenvalue weighted by Crippen LogP contribution is 2.47. The summed E-state index contributed by atoms with van der Waals surface area (Å²) in [5, 5.41) is 22.1. The van der Waals surface area contributed by atoms with Crippen LogP contribution in [-0.2, 0) is 22.1 Å². The van der Waals surface area contributed by atoms with E-state index in [1.54, 1.807) is 24.8 Å². The number of amides is 1. The second-order valence-electron chi connectivity index (χ2n) is 21.6. The molecule has 3 aliphatic rings. The van der Waals surface area contributed by atoms with Crippen LogP contribution in [0.25, 0.3) is 44.5 Å². The molecule has 348 valence electrons. The molecule has 10 nitrogen and oxygen atoms in total. The normalized spacial score (nSPS) is 19.2. The second-order valence-corrected chi connectivity index (χ2v) is 22.4. The molecule has 7 heterocycles. The minimum absolute atomic E-state index is 0.0403. The Morgan fingerprint density at radius 1 is 0.716 bits per heavy atom. The maximum absolute atomic E-state index is 13.5. The number of hydrogen-bond acceptors (Lipinski definition) is 8. The Balaban J connectivity index is 0.976. The third kappa shape index (κ3) is 9.80. The number of epoxide rings is 1. The van der Waals surface area contributed by atoms with Gasteiger partial charge in [-0.25, -0.2) is 4.57 Å². The molecule has 0 bridgehead atoms. The summed E-state index contributed by atoms with van der Waals surface area (Å²) in [7, 11) is 0. The Labute approximate surface area is 404 Å². The third-order valence-corrected chi connectivity index (χ3v) is 14.5. The van der Waals surface area contributed by atoms with Crippen LogP contribution in [0.3, 0.4) is 0 Å². The van der Waals surface area contributed by atoms with Crippen molar-refractivity contribution in [3.8, 4) is 44.5 Å². The van der Waals surface area contributed by atoms with Crippen molar-refractivity contribution in [2.75, 3.05) is 19.6 Å². The molecule has 3 aliphatic heterocycles. The van der Waals surface area contributed by atoms with Crippen LogP contribution in [0.2, 0.25) is 10.0 Å². The fourth-order valence-electron chi connectivity index (χ4n) is 9.49. The van der Waals surface area contributed by atoms with Gasteiger partial charge in [0.25, 0.3) is 5.91 Å². The Morgan fingerprint density at radius 3 is 1.97 bits per heavy atom. The number of benzene rings is 2. The van der Waals surface area contributed by atoms with Gasteiger partial charge in [0.2, 0.25) is 0 Å². The van der Waals surface area contributed by atoms with Crippen molar-refractivity contribution in [1.29, 1.82) is 0 Å². The summed E-state index contributed by atoms with van der Waals surface area (Å²) >= 11 is 14.1. The van der Waals surface area contributed by atoms with E-state index in [1.165, 1.54) is 0 Å². The molecule has 3 atom stereocenters. The van der Waals surface area contributed by atoms with Crippen LogP contribution in [0.1, 0.15) is 102 Å². The first-order valence-corrected chi connectivity index (χ1v) is 24.0. The predicted octanol–water partition coefficient (Wildman–Crippen LogP) is 10.5. The van der Waals surface area contributed by atoms with E-state index in [-0.39, 0.29) is 35.6 Å². The first-order chi connectivity index (χ1) is 31.5. The molecular weight excluding hydrogens is 880 g/mol. The minimum atomic E-state index is -0.835. The topological polar surface area (TPSA) is 119 Å². The van der Waals surface area contributed by atoms with Gasteiger partial charge in [-0.15, -0.1) is 0 Å². The number of carbonyl (C=O) groups excluding carboxylic acids is 1. The highest BCUT2D eigenvalue weighted by atomic mass is 35.5. The van der Waals surface area contributed by atoms with Gasteiger partial charge in [0.1, 0.15) is 12.3 Å². The molecular formula is C55H61Cl2N6O4+. The summed E-state index contributed by atoms with van der Waals surface area (Å²) < 4.78 is 8.31. The summed E-state index contributed by atoms with van der Waals surface area (Å²) in [6.07, 6.45) is 12.6. The SMILES string of the molecule is CC(C)(C)c1cc(-c2cc(-c3ccc(C(=O)N4CC(C(C)(C)O)C4)cc3Cl)c[n+](CC(C)(C)c3cc(-c4cncc(-c5ccc(C6OC6N6CCC6C(C)(C)O)cc5Cl)c4)ccn3)c2)ccn1. The zero-order chi connectivity index (χ0) is 47.8. The fraction of sp³-hybridized carbons (Fsp3) is 0.400. The highest BCUT2D eigenvalue weighted by molar-refractivity contribution is 6.34. The molecule has 1 amide bonds. The molecule has 2 aromatic carbocycles. The summed E-state index contributed by atoms with van der Waals surface area (Å²) in [6.45, 7) is 20.7. The van der Waals surface area contributed by atoms with Crippen LogP contribution < -0.4 is 4.57 Å². The van der Waals surface area contributed by atoms with Gasteiger partial charge in [-0.2, -0.15) is 0 Å². The number of nitrogens with zero attached hydrogens (tertiary/aromatic N) is 6. The molecule has 0 saturated carbocycles. The first-order valence-electron chi connectivity index (χ1n) is 23.2. The summed E-state index contributed by atoms with van der Waals surface area (Å²) in [5.41, 5.74) is 8.77. The number of ether oxygens (including phenoxy) is 1. The zero-order valence-electron chi connectivity index (χ0n) is 39.9. The number of carbonyl (C=O) groups is 1. The first kappa shape index (κ1) is 47.0. The maximum atomic E-state index is 13.5. The molecule has 4 aromatic heterocycles. The number of halogens is 2. The predicted molar refractivity (Wildman–Crippen MR) is 265 cm³/mol. The van der Waals surface area contributed by atoms with E-state index in [4.69, 9.17) is 37.9 Å². The summed E-state index contributed by atoms with van der Waals surface area (Å²) in [6, 6.07) is 24.3.